The van der Waals surface area contributed by atoms with Crippen LogP contribution >= 0.6 is 12.6 Å². The van der Waals surface area contributed by atoms with Gasteiger partial charge in [-0.25, -0.2) is 0 Å². The molecule has 0 saturated heterocycles. The molecule has 1 aromatic carbocycles. The number of thiol groups is 1. The van der Waals surface area contributed by atoms with Gasteiger partial charge in [0.1, 0.15) is 6.04 Å². The quantitative estimate of drug-likeness (QED) is 0.663. The molecular weight excluding hydrogens is 276 g/mol. The van der Waals surface area contributed by atoms with Crippen molar-refractivity contribution >= 4 is 30.1 Å². The summed E-state index contributed by atoms with van der Waals surface area (Å²) in [5, 5.41) is 5.38. The number of rotatable bonds is 7. The molecule has 0 heterocycles. The maximum Gasteiger partial charge on any atom is 0.247 e. The molecule has 0 aliphatic carbocycles. The number of nitrogens with one attached hydrogen (secondary N) is 2. The van der Waals surface area contributed by atoms with Crippen LogP contribution in [0.4, 0.5) is 5.69 Å². The number of hydrogen-bond acceptors (Lipinski definition) is 4. The molecule has 0 radical (unpaired) electrons. The van der Waals surface area contributed by atoms with Crippen LogP contribution in [0.25, 0.3) is 0 Å². The Morgan fingerprint density at radius 2 is 2.05 bits per heavy atom. The lowest BCUT2D eigenvalue weighted by atomic mass is 10.1. The maximum absolute atomic E-state index is 12.1. The average Bonchev–Trinajstić information content (AvgIpc) is 2.43. The van der Waals surface area contributed by atoms with Crippen LogP contribution in [0.5, 0.6) is 0 Å². The number of hydrogen-bond donors (Lipinski definition) is 3. The fourth-order valence-corrected chi connectivity index (χ4v) is 1.99. The zero-order valence-electron chi connectivity index (χ0n) is 11.7. The molecule has 0 fully saturated rings. The second kappa shape index (κ2) is 8.60. The zero-order chi connectivity index (χ0) is 15.0. The van der Waals surface area contributed by atoms with Crippen molar-refractivity contribution in [3.05, 3.63) is 29.8 Å². The molecule has 1 unspecified atom stereocenters. The molecule has 2 N–H and O–H groups in total. The SMILES string of the molecule is COCCc1ccccc1NC(=O)C(CS)NC(C)=O. The van der Waals surface area contributed by atoms with E-state index >= 15 is 0 Å². The summed E-state index contributed by atoms with van der Waals surface area (Å²) in [5.74, 6) is -0.294. The number of para-hydroxylation sites is 1. The Bertz CT molecular complexity index is 465. The molecule has 6 heteroatoms. The number of amides is 2. The zero-order valence-corrected chi connectivity index (χ0v) is 12.6. The molecule has 1 atom stereocenters. The number of methoxy groups -OCH3 is 1. The van der Waals surface area contributed by atoms with Gasteiger partial charge in [0, 0.05) is 25.5 Å². The van der Waals surface area contributed by atoms with Crippen molar-refractivity contribution in [3.8, 4) is 0 Å². The van der Waals surface area contributed by atoms with Crippen LogP contribution in [-0.2, 0) is 20.7 Å². The first-order chi connectivity index (χ1) is 9.58. The van der Waals surface area contributed by atoms with E-state index in [9.17, 15) is 9.59 Å². The van der Waals surface area contributed by atoms with Gasteiger partial charge in [-0.1, -0.05) is 18.2 Å². The molecule has 0 aliphatic rings. The van der Waals surface area contributed by atoms with E-state index in [-0.39, 0.29) is 17.6 Å². The number of carbonyl (C=O) groups excluding carboxylic acids is 2. The smallest absolute Gasteiger partial charge is 0.247 e. The first-order valence-electron chi connectivity index (χ1n) is 6.34. The van der Waals surface area contributed by atoms with Gasteiger partial charge in [-0.15, -0.1) is 0 Å². The summed E-state index contributed by atoms with van der Waals surface area (Å²) < 4.78 is 5.05. The summed E-state index contributed by atoms with van der Waals surface area (Å²) in [6, 6.07) is 6.87. The maximum atomic E-state index is 12.1. The molecule has 0 aromatic heterocycles. The largest absolute Gasteiger partial charge is 0.384 e. The predicted molar refractivity (Wildman–Crippen MR) is 82.1 cm³/mol. The minimum absolute atomic E-state index is 0.242. The third-order valence-electron chi connectivity index (χ3n) is 2.73. The molecule has 0 aliphatic heterocycles. The number of anilines is 1. The molecule has 1 rings (SSSR count). The highest BCUT2D eigenvalue weighted by molar-refractivity contribution is 7.80. The van der Waals surface area contributed by atoms with Crippen molar-refractivity contribution < 1.29 is 14.3 Å². The van der Waals surface area contributed by atoms with Crippen LogP contribution in [-0.4, -0.2) is 37.3 Å². The van der Waals surface area contributed by atoms with Crippen LogP contribution in [0, 0.1) is 0 Å². The Morgan fingerprint density at radius 3 is 2.65 bits per heavy atom. The topological polar surface area (TPSA) is 67.4 Å². The highest BCUT2D eigenvalue weighted by Gasteiger charge is 2.18. The van der Waals surface area contributed by atoms with Gasteiger partial charge in [0.15, 0.2) is 0 Å². The van der Waals surface area contributed by atoms with Crippen molar-refractivity contribution in [2.24, 2.45) is 0 Å². The summed E-state index contributed by atoms with van der Waals surface area (Å²) in [4.78, 5) is 23.1. The number of carbonyl (C=O) groups is 2. The summed E-state index contributed by atoms with van der Waals surface area (Å²) in [5.41, 5.74) is 1.72. The van der Waals surface area contributed by atoms with Crippen molar-refractivity contribution in [2.75, 3.05) is 24.8 Å². The van der Waals surface area contributed by atoms with Crippen molar-refractivity contribution in [1.29, 1.82) is 0 Å². The van der Waals surface area contributed by atoms with E-state index in [2.05, 4.69) is 23.3 Å². The van der Waals surface area contributed by atoms with Gasteiger partial charge in [0.25, 0.3) is 0 Å². The fraction of sp³-hybridized carbons (Fsp3) is 0.429. The fourth-order valence-electron chi connectivity index (χ4n) is 1.73. The van der Waals surface area contributed by atoms with Gasteiger partial charge >= 0.3 is 0 Å². The summed E-state index contributed by atoms with van der Waals surface area (Å²) >= 11 is 4.08. The molecule has 1 aromatic rings. The van der Waals surface area contributed by atoms with E-state index in [1.807, 2.05) is 24.3 Å². The first-order valence-corrected chi connectivity index (χ1v) is 6.97. The molecule has 20 heavy (non-hydrogen) atoms. The second-order valence-electron chi connectivity index (χ2n) is 4.32. The lowest BCUT2D eigenvalue weighted by Crippen LogP contribution is -2.44. The van der Waals surface area contributed by atoms with Crippen molar-refractivity contribution in [2.45, 2.75) is 19.4 Å². The molecular formula is C14H20N2O3S. The molecule has 110 valence electrons. The van der Waals surface area contributed by atoms with Gasteiger partial charge < -0.3 is 15.4 Å². The van der Waals surface area contributed by atoms with Gasteiger partial charge in [-0.3, -0.25) is 9.59 Å². The highest BCUT2D eigenvalue weighted by Crippen LogP contribution is 2.16. The summed E-state index contributed by atoms with van der Waals surface area (Å²) in [6.07, 6.45) is 0.707. The van der Waals surface area contributed by atoms with Gasteiger partial charge in [0.05, 0.1) is 6.61 Å². The van der Waals surface area contributed by atoms with E-state index in [0.29, 0.717) is 13.0 Å². The minimum Gasteiger partial charge on any atom is -0.384 e. The first kappa shape index (κ1) is 16.5. The monoisotopic (exact) mass is 296 g/mol. The van der Waals surface area contributed by atoms with Crippen LogP contribution in [0.1, 0.15) is 12.5 Å². The van der Waals surface area contributed by atoms with E-state index in [4.69, 9.17) is 4.74 Å². The molecule has 2 amide bonds. The highest BCUT2D eigenvalue weighted by atomic mass is 32.1. The summed E-state index contributed by atoms with van der Waals surface area (Å²) in [7, 11) is 1.63. The van der Waals surface area contributed by atoms with Crippen LogP contribution in [0.15, 0.2) is 24.3 Å². The lowest BCUT2D eigenvalue weighted by molar-refractivity contribution is -0.124. The third kappa shape index (κ3) is 5.22. The van der Waals surface area contributed by atoms with Crippen LogP contribution in [0.3, 0.4) is 0 Å². The Morgan fingerprint density at radius 1 is 1.35 bits per heavy atom. The Balaban J connectivity index is 2.75. The van der Waals surface area contributed by atoms with E-state index < -0.39 is 6.04 Å². The molecule has 0 bridgehead atoms. The summed E-state index contributed by atoms with van der Waals surface area (Å²) in [6.45, 7) is 1.95. The third-order valence-corrected chi connectivity index (χ3v) is 3.09. The van der Waals surface area contributed by atoms with Crippen LogP contribution in [0.2, 0.25) is 0 Å². The van der Waals surface area contributed by atoms with Crippen LogP contribution < -0.4 is 10.6 Å². The van der Waals surface area contributed by atoms with Crippen molar-refractivity contribution in [3.63, 3.8) is 0 Å². The van der Waals surface area contributed by atoms with E-state index in [1.165, 1.54) is 6.92 Å². The van der Waals surface area contributed by atoms with Gasteiger partial charge in [0.2, 0.25) is 11.8 Å². The van der Waals surface area contributed by atoms with E-state index in [1.54, 1.807) is 7.11 Å². The van der Waals surface area contributed by atoms with Gasteiger partial charge in [-0.05, 0) is 18.1 Å². The average molecular weight is 296 g/mol. The molecule has 5 nitrogen and oxygen atoms in total. The second-order valence-corrected chi connectivity index (χ2v) is 4.69. The number of ether oxygens (including phenoxy) is 1. The Labute approximate surface area is 124 Å². The lowest BCUT2D eigenvalue weighted by Gasteiger charge is -2.17. The standard InChI is InChI=1S/C14H20N2O3S/c1-10(17)15-13(9-20)14(18)16-12-6-4-3-5-11(12)7-8-19-2/h3-6,13,20H,7-9H2,1-2H3,(H,15,17)(H,16,18). The Kier molecular flexibility index (Phi) is 7.11. The van der Waals surface area contributed by atoms with Crippen molar-refractivity contribution in [1.82, 2.24) is 5.32 Å². The normalized spacial score (nSPS) is 11.8. The molecule has 0 saturated carbocycles. The number of benzene rings is 1. The molecule has 0 spiro atoms. The van der Waals surface area contributed by atoms with E-state index in [0.717, 1.165) is 11.3 Å². The predicted octanol–water partition coefficient (Wildman–Crippen LogP) is 1.25. The minimum atomic E-state index is -0.647. The van der Waals surface area contributed by atoms with Gasteiger partial charge in [-0.2, -0.15) is 12.6 Å². The Hall–Kier alpha value is -1.53.